The Hall–Kier alpha value is -1.79. The molecule has 0 radical (unpaired) electrons. The van der Waals surface area contributed by atoms with Gasteiger partial charge in [-0.05, 0) is 6.92 Å². The second kappa shape index (κ2) is 3.30. The third kappa shape index (κ3) is 1.68. The minimum Gasteiger partial charge on any atom is -0.411 e. The molecule has 1 aliphatic rings. The van der Waals surface area contributed by atoms with E-state index in [0.717, 1.165) is 0 Å². The Labute approximate surface area is 74.1 Å². The van der Waals surface area contributed by atoms with Crippen molar-refractivity contribution >= 4 is 17.5 Å². The Kier molecular flexibility index (Phi) is 2.36. The van der Waals surface area contributed by atoms with Crippen molar-refractivity contribution in [2.75, 3.05) is 6.54 Å². The summed E-state index contributed by atoms with van der Waals surface area (Å²) in [4.78, 5) is 12.1. The first kappa shape index (κ1) is 9.30. The largest absolute Gasteiger partial charge is 0.411 e. The van der Waals surface area contributed by atoms with Crippen LogP contribution in [0.4, 0.5) is 0 Å². The van der Waals surface area contributed by atoms with E-state index >= 15 is 0 Å². The van der Waals surface area contributed by atoms with Crippen molar-refractivity contribution in [2.45, 2.75) is 13.0 Å². The summed E-state index contributed by atoms with van der Waals surface area (Å²) in [6.45, 7) is 1.84. The van der Waals surface area contributed by atoms with Crippen molar-refractivity contribution in [3.05, 3.63) is 0 Å². The zero-order valence-corrected chi connectivity index (χ0v) is 7.01. The molecule has 0 aromatic heterocycles. The van der Waals surface area contributed by atoms with Crippen molar-refractivity contribution in [2.24, 2.45) is 16.0 Å². The molecule has 1 fully saturated rings. The summed E-state index contributed by atoms with van der Waals surface area (Å²) in [5.74, 6) is -0.432. The Bertz CT molecular complexity index is 286. The maximum atomic E-state index is 10.6. The van der Waals surface area contributed by atoms with Gasteiger partial charge in [0.05, 0.1) is 0 Å². The van der Waals surface area contributed by atoms with E-state index in [9.17, 15) is 4.79 Å². The first-order chi connectivity index (χ1) is 6.11. The van der Waals surface area contributed by atoms with Gasteiger partial charge < -0.3 is 21.0 Å². The predicted molar refractivity (Wildman–Crippen MR) is 43.8 cm³/mol. The van der Waals surface area contributed by atoms with E-state index in [1.807, 2.05) is 0 Å². The molecule has 7 nitrogen and oxygen atoms in total. The van der Waals surface area contributed by atoms with Crippen LogP contribution in [0.2, 0.25) is 0 Å². The van der Waals surface area contributed by atoms with Crippen molar-refractivity contribution in [1.82, 2.24) is 4.90 Å². The normalized spacial score (nSPS) is 23.2. The minimum atomic E-state index is -0.494. The first-order valence-corrected chi connectivity index (χ1v) is 3.58. The first-order valence-electron chi connectivity index (χ1n) is 3.58. The molecule has 1 amide bonds. The third-order valence-electron chi connectivity index (χ3n) is 1.78. The average molecular weight is 186 g/mol. The van der Waals surface area contributed by atoms with Crippen LogP contribution in [-0.4, -0.2) is 45.4 Å². The van der Waals surface area contributed by atoms with Gasteiger partial charge in [-0.25, -0.2) is 0 Å². The summed E-state index contributed by atoms with van der Waals surface area (Å²) >= 11 is 0. The van der Waals surface area contributed by atoms with E-state index in [-0.39, 0.29) is 11.5 Å². The fourth-order valence-corrected chi connectivity index (χ4v) is 0.999. The number of carbonyl (C=O) groups excluding carboxylic acids is 1. The van der Waals surface area contributed by atoms with Gasteiger partial charge in [0.15, 0.2) is 5.84 Å². The second-order valence-corrected chi connectivity index (χ2v) is 2.68. The Balaban J connectivity index is 2.69. The quantitative estimate of drug-likeness (QED) is 0.165. The number of amides is 1. The highest BCUT2D eigenvalue weighted by molar-refractivity contribution is 6.41. The molecule has 7 heteroatoms. The van der Waals surface area contributed by atoms with Crippen molar-refractivity contribution in [3.63, 3.8) is 0 Å². The maximum Gasteiger partial charge on any atom is 0.242 e. The monoisotopic (exact) mass is 186 g/mol. The SMILES string of the molecule is CC(=N\O)/C(=N/O)N1C[C@@H]1C(N)=O. The molecular weight excluding hydrogens is 176 g/mol. The van der Waals surface area contributed by atoms with Gasteiger partial charge in [0.2, 0.25) is 5.91 Å². The van der Waals surface area contributed by atoms with Gasteiger partial charge in [-0.1, -0.05) is 10.3 Å². The lowest BCUT2D eigenvalue weighted by Crippen LogP contribution is -2.28. The van der Waals surface area contributed by atoms with Gasteiger partial charge in [-0.3, -0.25) is 4.79 Å². The fraction of sp³-hybridized carbons (Fsp3) is 0.500. The number of hydrogen-bond acceptors (Lipinski definition) is 5. The van der Waals surface area contributed by atoms with Crippen molar-refractivity contribution in [1.29, 1.82) is 0 Å². The smallest absolute Gasteiger partial charge is 0.242 e. The van der Waals surface area contributed by atoms with E-state index in [2.05, 4.69) is 10.3 Å². The summed E-state index contributed by atoms with van der Waals surface area (Å²) in [5, 5.41) is 22.7. The Morgan fingerprint density at radius 3 is 2.46 bits per heavy atom. The number of nitrogens with two attached hydrogens (primary N) is 1. The van der Waals surface area contributed by atoms with Gasteiger partial charge in [-0.15, -0.1) is 0 Å². The lowest BCUT2D eigenvalue weighted by atomic mass is 10.4. The highest BCUT2D eigenvalue weighted by atomic mass is 16.4. The van der Waals surface area contributed by atoms with Crippen LogP contribution in [0.3, 0.4) is 0 Å². The van der Waals surface area contributed by atoms with Crippen LogP contribution in [0.5, 0.6) is 0 Å². The molecular formula is C6H10N4O3. The van der Waals surface area contributed by atoms with Crippen molar-refractivity contribution in [3.8, 4) is 0 Å². The summed E-state index contributed by atoms with van der Waals surface area (Å²) in [7, 11) is 0. The van der Waals surface area contributed by atoms with Gasteiger partial charge in [0.1, 0.15) is 11.8 Å². The van der Waals surface area contributed by atoms with Crippen molar-refractivity contribution < 1.29 is 15.2 Å². The number of rotatable bonds is 2. The third-order valence-corrected chi connectivity index (χ3v) is 1.78. The van der Waals surface area contributed by atoms with Crippen LogP contribution in [0.1, 0.15) is 6.92 Å². The van der Waals surface area contributed by atoms with Gasteiger partial charge in [0.25, 0.3) is 0 Å². The summed E-state index contributed by atoms with van der Waals surface area (Å²) < 4.78 is 0. The molecule has 1 atom stereocenters. The molecule has 0 saturated carbocycles. The molecule has 0 aromatic rings. The molecule has 1 aliphatic heterocycles. The average Bonchev–Trinajstić information content (AvgIpc) is 2.85. The summed E-state index contributed by atoms with van der Waals surface area (Å²) in [6.07, 6.45) is 0. The van der Waals surface area contributed by atoms with Gasteiger partial charge in [0, 0.05) is 6.54 Å². The number of amidine groups is 1. The molecule has 72 valence electrons. The summed E-state index contributed by atoms with van der Waals surface area (Å²) in [5.41, 5.74) is 5.13. The maximum absolute atomic E-state index is 10.6. The molecule has 4 N–H and O–H groups in total. The number of oxime groups is 2. The lowest BCUT2D eigenvalue weighted by Gasteiger charge is -2.03. The number of carbonyl (C=O) groups is 1. The van der Waals surface area contributed by atoms with Crippen LogP contribution in [-0.2, 0) is 4.79 Å². The molecule has 1 heterocycles. The van der Waals surface area contributed by atoms with E-state index in [1.165, 1.54) is 11.8 Å². The number of nitrogens with zero attached hydrogens (tertiary/aromatic N) is 3. The van der Waals surface area contributed by atoms with Crippen LogP contribution in [0.15, 0.2) is 10.3 Å². The number of primary amides is 1. The van der Waals surface area contributed by atoms with Crippen LogP contribution in [0, 0.1) is 0 Å². The molecule has 0 aliphatic carbocycles. The molecule has 0 spiro atoms. The van der Waals surface area contributed by atoms with Crippen LogP contribution in [0.25, 0.3) is 0 Å². The zero-order valence-electron chi connectivity index (χ0n) is 7.01. The van der Waals surface area contributed by atoms with Crippen LogP contribution < -0.4 is 5.73 Å². The molecule has 0 aromatic carbocycles. The molecule has 1 rings (SSSR count). The number of hydrogen-bond donors (Lipinski definition) is 3. The fourth-order valence-electron chi connectivity index (χ4n) is 0.999. The highest BCUT2D eigenvalue weighted by Crippen LogP contribution is 2.17. The topological polar surface area (TPSA) is 111 Å². The molecule has 0 unspecified atom stereocenters. The van der Waals surface area contributed by atoms with E-state index in [1.54, 1.807) is 0 Å². The van der Waals surface area contributed by atoms with E-state index < -0.39 is 11.9 Å². The highest BCUT2D eigenvalue weighted by Gasteiger charge is 2.42. The molecule has 0 bridgehead atoms. The standard InChI is InChI=1S/C6H10N4O3/c1-3(8-12)6(9-13)10-2-4(10)5(7)11/h4,12-13H,2H2,1H3,(H2,7,11)/b8-3+,9-6-/t4-,10?/m1/s1. The van der Waals surface area contributed by atoms with E-state index in [0.29, 0.717) is 6.54 Å². The summed E-state index contributed by atoms with van der Waals surface area (Å²) in [6, 6.07) is -0.456. The van der Waals surface area contributed by atoms with E-state index in [4.69, 9.17) is 16.1 Å². The molecule has 13 heavy (non-hydrogen) atoms. The minimum absolute atomic E-state index is 0.0614. The zero-order chi connectivity index (χ0) is 10.0. The Morgan fingerprint density at radius 2 is 2.15 bits per heavy atom. The van der Waals surface area contributed by atoms with Gasteiger partial charge in [-0.2, -0.15) is 0 Å². The Morgan fingerprint density at radius 1 is 1.54 bits per heavy atom. The van der Waals surface area contributed by atoms with Gasteiger partial charge >= 0.3 is 0 Å². The molecule has 1 saturated heterocycles. The lowest BCUT2D eigenvalue weighted by molar-refractivity contribution is -0.117. The van der Waals surface area contributed by atoms with Crippen LogP contribution >= 0.6 is 0 Å². The second-order valence-electron chi connectivity index (χ2n) is 2.68. The predicted octanol–water partition coefficient (Wildman–Crippen LogP) is -1.21.